The van der Waals surface area contributed by atoms with Gasteiger partial charge in [0.2, 0.25) is 5.91 Å². The van der Waals surface area contributed by atoms with Crippen LogP contribution in [0.2, 0.25) is 0 Å². The minimum Gasteiger partial charge on any atom is -0.446 e. The van der Waals surface area contributed by atoms with Crippen molar-refractivity contribution in [3.63, 3.8) is 0 Å². The molecule has 2 atom stereocenters. The van der Waals surface area contributed by atoms with Gasteiger partial charge in [-0.2, -0.15) is 0 Å². The first-order chi connectivity index (χ1) is 20.7. The number of ether oxygens (including phenoxy) is 3. The molecule has 1 aromatic carbocycles. The number of alkyl carbamates (subject to hydrolysis) is 1. The van der Waals surface area contributed by atoms with Crippen molar-refractivity contribution in [2.24, 2.45) is 29.6 Å². The number of pyridine rings is 1. The third-order valence-electron chi connectivity index (χ3n) is 9.14. The number of nitrogens with zero attached hydrogens (tertiary/aromatic N) is 1. The van der Waals surface area contributed by atoms with E-state index in [1.165, 1.54) is 6.42 Å². The number of aromatic nitrogens is 1. The van der Waals surface area contributed by atoms with Crippen LogP contribution in [-0.4, -0.2) is 54.0 Å². The van der Waals surface area contributed by atoms with Crippen LogP contribution in [0.15, 0.2) is 54.9 Å². The molecule has 2 amide bonds. The molecule has 4 aliphatic carbocycles. The van der Waals surface area contributed by atoms with Crippen LogP contribution in [0.25, 0.3) is 0 Å². The molecule has 1 aromatic heterocycles. The topological polar surface area (TPSA) is 116 Å². The van der Waals surface area contributed by atoms with Crippen LogP contribution in [0.4, 0.5) is 9.59 Å². The molecule has 9 nitrogen and oxygen atoms in total. The maximum atomic E-state index is 14.0. The highest BCUT2D eigenvalue weighted by Crippen LogP contribution is 2.54. The zero-order valence-electron chi connectivity index (χ0n) is 25.5. The molecule has 0 aliphatic heterocycles. The monoisotopic (exact) mass is 591 g/mol. The van der Waals surface area contributed by atoms with Crippen molar-refractivity contribution in [2.75, 3.05) is 13.2 Å². The summed E-state index contributed by atoms with van der Waals surface area (Å²) in [6.45, 7) is 5.74. The average molecular weight is 592 g/mol. The fourth-order valence-electron chi connectivity index (χ4n) is 7.38. The first kappa shape index (κ1) is 30.8. The predicted octanol–water partition coefficient (Wildman–Crippen LogP) is 5.47. The van der Waals surface area contributed by atoms with E-state index in [1.54, 1.807) is 25.4 Å². The van der Waals surface area contributed by atoms with E-state index in [2.05, 4.69) is 15.6 Å². The summed E-state index contributed by atoms with van der Waals surface area (Å²) < 4.78 is 16.7. The van der Waals surface area contributed by atoms with Crippen LogP contribution in [0.3, 0.4) is 0 Å². The molecule has 4 aliphatic rings. The number of amides is 2. The number of carbonyl (C=O) groups excluding carboxylic acids is 3. The molecule has 232 valence electrons. The lowest BCUT2D eigenvalue weighted by molar-refractivity contribution is -0.129. The summed E-state index contributed by atoms with van der Waals surface area (Å²) in [6.07, 6.45) is 8.34. The van der Waals surface area contributed by atoms with Gasteiger partial charge in [0.05, 0.1) is 12.6 Å². The summed E-state index contributed by atoms with van der Waals surface area (Å²) in [4.78, 5) is 43.9. The second-order valence-corrected chi connectivity index (χ2v) is 13.4. The van der Waals surface area contributed by atoms with Crippen LogP contribution < -0.4 is 10.6 Å². The Morgan fingerprint density at radius 1 is 0.907 bits per heavy atom. The molecule has 6 rings (SSSR count). The maximum absolute atomic E-state index is 14.0. The quantitative estimate of drug-likeness (QED) is 0.315. The Morgan fingerprint density at radius 2 is 1.56 bits per heavy atom. The van der Waals surface area contributed by atoms with Crippen molar-refractivity contribution in [3.8, 4) is 0 Å². The number of hydrogen-bond donors (Lipinski definition) is 2. The van der Waals surface area contributed by atoms with E-state index in [0.29, 0.717) is 18.3 Å². The summed E-state index contributed by atoms with van der Waals surface area (Å²) >= 11 is 0. The molecule has 0 radical (unpaired) electrons. The van der Waals surface area contributed by atoms with Crippen LogP contribution >= 0.6 is 0 Å². The Bertz CT molecular complexity index is 1210. The molecule has 4 fully saturated rings. The summed E-state index contributed by atoms with van der Waals surface area (Å²) in [6, 6.07) is 12.8. The highest BCUT2D eigenvalue weighted by atomic mass is 16.7. The van der Waals surface area contributed by atoms with Gasteiger partial charge in [-0.3, -0.25) is 9.78 Å². The fourth-order valence-corrected chi connectivity index (χ4v) is 7.38. The Labute approximate surface area is 254 Å². The van der Waals surface area contributed by atoms with E-state index in [-0.39, 0.29) is 31.7 Å². The van der Waals surface area contributed by atoms with Crippen LogP contribution in [0.5, 0.6) is 0 Å². The predicted molar refractivity (Wildman–Crippen MR) is 161 cm³/mol. The van der Waals surface area contributed by atoms with Gasteiger partial charge in [0.15, 0.2) is 0 Å². The van der Waals surface area contributed by atoms with Crippen molar-refractivity contribution >= 4 is 18.2 Å². The van der Waals surface area contributed by atoms with Gasteiger partial charge in [-0.15, -0.1) is 0 Å². The maximum Gasteiger partial charge on any atom is 0.508 e. The second-order valence-electron chi connectivity index (χ2n) is 13.4. The van der Waals surface area contributed by atoms with E-state index < -0.39 is 29.7 Å². The van der Waals surface area contributed by atoms with Gasteiger partial charge in [-0.1, -0.05) is 50.2 Å². The smallest absolute Gasteiger partial charge is 0.446 e. The lowest BCUT2D eigenvalue weighted by atomic mass is 9.55. The second kappa shape index (κ2) is 13.8. The first-order valence-electron chi connectivity index (χ1n) is 15.7. The number of nitrogens with one attached hydrogen (secondary N) is 2. The number of benzene rings is 1. The zero-order valence-corrected chi connectivity index (χ0v) is 25.5. The molecule has 4 saturated carbocycles. The highest BCUT2D eigenvalue weighted by molar-refractivity contribution is 5.90. The molecule has 2 aromatic rings. The summed E-state index contributed by atoms with van der Waals surface area (Å²) in [5.74, 6) is 2.10. The van der Waals surface area contributed by atoms with Crippen LogP contribution in [-0.2, 0) is 31.8 Å². The molecule has 2 N–H and O–H groups in total. The van der Waals surface area contributed by atoms with Gasteiger partial charge >= 0.3 is 12.2 Å². The Hall–Kier alpha value is -3.62. The average Bonchev–Trinajstić information content (AvgIpc) is 2.97. The van der Waals surface area contributed by atoms with Crippen molar-refractivity contribution in [1.82, 2.24) is 15.6 Å². The SMILES string of the molecule is CC(C)COC(=O)OCC(Cc1ccccc1)NC(=O)C(C)(Cc1cccnc1)NC(=O)OC1C2CC3CC(C2)CC1C3. The van der Waals surface area contributed by atoms with Gasteiger partial charge in [0, 0.05) is 18.8 Å². The van der Waals surface area contributed by atoms with E-state index in [0.717, 1.165) is 48.6 Å². The Balaban J connectivity index is 1.29. The fraction of sp³-hybridized carbons (Fsp3) is 0.588. The number of hydrogen-bond acceptors (Lipinski definition) is 7. The lowest BCUT2D eigenvalue weighted by Gasteiger charge is -2.53. The molecular weight excluding hydrogens is 546 g/mol. The highest BCUT2D eigenvalue weighted by Gasteiger charge is 2.50. The van der Waals surface area contributed by atoms with Crippen molar-refractivity contribution in [3.05, 3.63) is 66.0 Å². The summed E-state index contributed by atoms with van der Waals surface area (Å²) in [5, 5.41) is 5.98. The van der Waals surface area contributed by atoms with E-state index in [9.17, 15) is 14.4 Å². The Morgan fingerprint density at radius 3 is 2.19 bits per heavy atom. The molecule has 4 bridgehead atoms. The van der Waals surface area contributed by atoms with E-state index in [4.69, 9.17) is 14.2 Å². The summed E-state index contributed by atoms with van der Waals surface area (Å²) in [5.41, 5.74) is 0.414. The van der Waals surface area contributed by atoms with Crippen LogP contribution in [0, 0.1) is 29.6 Å². The zero-order chi connectivity index (χ0) is 30.4. The lowest BCUT2D eigenvalue weighted by Crippen LogP contribution is -2.61. The molecule has 0 saturated heterocycles. The number of rotatable bonds is 12. The third-order valence-corrected chi connectivity index (χ3v) is 9.14. The third kappa shape index (κ3) is 8.27. The van der Waals surface area contributed by atoms with Gasteiger partial charge in [-0.25, -0.2) is 9.59 Å². The summed E-state index contributed by atoms with van der Waals surface area (Å²) in [7, 11) is 0. The van der Waals surface area contributed by atoms with E-state index >= 15 is 0 Å². The standard InChI is InChI=1S/C34H45N3O6/c1-22(2)20-41-33(40)42-21-29(17-23-8-5-4-6-9-23)36-31(38)34(3,18-24-10-7-11-35-19-24)37-32(39)43-30-27-13-25-12-26(15-27)16-28(30)14-25/h4-11,19,22,25-30H,12-18,20-21H2,1-3H3,(H,36,38)(H,37,39). The normalized spacial score (nSPS) is 25.8. The largest absolute Gasteiger partial charge is 0.508 e. The first-order valence-corrected chi connectivity index (χ1v) is 15.7. The molecular formula is C34H45N3O6. The van der Waals surface area contributed by atoms with Gasteiger partial charge < -0.3 is 24.8 Å². The number of carbonyl (C=O) groups is 3. The van der Waals surface area contributed by atoms with E-state index in [1.807, 2.05) is 50.2 Å². The minimum atomic E-state index is -1.35. The molecule has 43 heavy (non-hydrogen) atoms. The van der Waals surface area contributed by atoms with Gasteiger partial charge in [0.25, 0.3) is 0 Å². The van der Waals surface area contributed by atoms with Crippen molar-refractivity contribution in [2.45, 2.75) is 83.4 Å². The van der Waals surface area contributed by atoms with Crippen molar-refractivity contribution in [1.29, 1.82) is 0 Å². The molecule has 1 heterocycles. The molecule has 2 unspecified atom stereocenters. The van der Waals surface area contributed by atoms with Crippen LogP contribution in [0.1, 0.15) is 64.0 Å². The van der Waals surface area contributed by atoms with Gasteiger partial charge in [0.1, 0.15) is 18.2 Å². The molecule has 0 spiro atoms. The minimum absolute atomic E-state index is 0.0846. The van der Waals surface area contributed by atoms with Crippen molar-refractivity contribution < 1.29 is 28.6 Å². The molecule has 9 heteroatoms. The Kier molecular flexibility index (Phi) is 9.88. The van der Waals surface area contributed by atoms with Gasteiger partial charge in [-0.05, 0) is 92.2 Å².